The quantitative estimate of drug-likeness (QED) is 0.181. The van der Waals surface area contributed by atoms with Crippen molar-refractivity contribution >= 4 is 35.4 Å². The van der Waals surface area contributed by atoms with Crippen LogP contribution in [-0.2, 0) is 28.7 Å². The Morgan fingerprint density at radius 3 is 2.06 bits per heavy atom. The summed E-state index contributed by atoms with van der Waals surface area (Å²) < 4.78 is 5.40. The standard InChI is InChI=1S/C39H62N6O7/c1-24(2)21-29(41-38(51)52-39(8,9)10)13-11-15-33(46)45-16-12-14-32(45)37(50)42-31(36(49)40-25(3)4)23-44-19-17-43(18-20-44)22-30-28(7)34(47)26(5)27(6)35(30)48/h11,13,24-25,29,31-32H,12,14-23H2,1-10H3,(H,40,49)(H,41,51)(H,42,50)/b13-11+/t29-,31+,32+/m1/s1. The van der Waals surface area contributed by atoms with Crippen LogP contribution in [0.25, 0.3) is 0 Å². The zero-order valence-corrected chi connectivity index (χ0v) is 33.0. The number of nitrogens with one attached hydrogen (secondary N) is 3. The van der Waals surface area contributed by atoms with E-state index in [1.807, 2.05) is 19.9 Å². The van der Waals surface area contributed by atoms with Gasteiger partial charge in [-0.1, -0.05) is 26.0 Å². The molecule has 3 atom stereocenters. The van der Waals surface area contributed by atoms with Crippen molar-refractivity contribution in [2.75, 3.05) is 45.8 Å². The van der Waals surface area contributed by atoms with E-state index in [-0.39, 0.29) is 47.8 Å². The lowest BCUT2D eigenvalue weighted by molar-refractivity contribution is -0.139. The molecule has 290 valence electrons. The monoisotopic (exact) mass is 726 g/mol. The minimum atomic E-state index is -0.826. The number of carbonyl (C=O) groups excluding carboxylic acids is 6. The number of allylic oxidation sites excluding steroid dienone is 3. The van der Waals surface area contributed by atoms with E-state index in [9.17, 15) is 28.8 Å². The molecule has 4 amide bonds. The van der Waals surface area contributed by atoms with Gasteiger partial charge in [0.05, 0.1) is 6.04 Å². The molecule has 2 fully saturated rings. The smallest absolute Gasteiger partial charge is 0.408 e. The van der Waals surface area contributed by atoms with Crippen LogP contribution in [0.2, 0.25) is 0 Å². The molecule has 2 heterocycles. The summed E-state index contributed by atoms with van der Waals surface area (Å²) in [6.07, 6.45) is 4.93. The van der Waals surface area contributed by atoms with Gasteiger partial charge in [0.2, 0.25) is 17.7 Å². The molecule has 3 N–H and O–H groups in total. The number of hydrogen-bond acceptors (Lipinski definition) is 9. The van der Waals surface area contributed by atoms with E-state index in [1.54, 1.807) is 52.5 Å². The molecule has 2 saturated heterocycles. The first-order valence-corrected chi connectivity index (χ1v) is 18.7. The Morgan fingerprint density at radius 2 is 1.46 bits per heavy atom. The maximum absolute atomic E-state index is 13.7. The average Bonchev–Trinajstić information content (AvgIpc) is 3.54. The number of alkyl carbamates (subject to hydrolysis) is 1. The summed E-state index contributed by atoms with van der Waals surface area (Å²) in [7, 11) is 0. The van der Waals surface area contributed by atoms with Crippen LogP contribution in [0.15, 0.2) is 34.4 Å². The fraction of sp³-hybridized carbons (Fsp3) is 0.692. The molecule has 0 unspecified atom stereocenters. The second-order valence-electron chi connectivity index (χ2n) is 16.1. The van der Waals surface area contributed by atoms with Crippen molar-refractivity contribution in [2.24, 2.45) is 5.92 Å². The topological polar surface area (TPSA) is 157 Å². The Hall–Kier alpha value is -3.84. The number of Topliss-reactive ketones (excluding diaryl/α,β-unsaturated/α-hetero) is 2. The minimum absolute atomic E-state index is 0.0710. The van der Waals surface area contributed by atoms with Crippen LogP contribution in [0.1, 0.15) is 94.9 Å². The van der Waals surface area contributed by atoms with Gasteiger partial charge in [-0.15, -0.1) is 0 Å². The maximum atomic E-state index is 13.7. The molecule has 0 aromatic rings. The number of ether oxygens (including phenoxy) is 1. The van der Waals surface area contributed by atoms with Crippen LogP contribution in [0.5, 0.6) is 0 Å². The molecule has 13 nitrogen and oxygen atoms in total. The van der Waals surface area contributed by atoms with Crippen LogP contribution in [0.3, 0.4) is 0 Å². The summed E-state index contributed by atoms with van der Waals surface area (Å²) in [5, 5.41) is 8.76. The molecule has 3 aliphatic rings. The number of piperazine rings is 1. The number of rotatable bonds is 14. The second kappa shape index (κ2) is 18.8. The average molecular weight is 727 g/mol. The van der Waals surface area contributed by atoms with Crippen LogP contribution in [0.4, 0.5) is 4.79 Å². The molecule has 0 saturated carbocycles. The zero-order chi connectivity index (χ0) is 38.9. The molecular formula is C39H62N6O7. The highest BCUT2D eigenvalue weighted by Gasteiger charge is 2.37. The van der Waals surface area contributed by atoms with Gasteiger partial charge in [0.15, 0.2) is 11.6 Å². The second-order valence-corrected chi connectivity index (χ2v) is 16.1. The molecule has 2 aliphatic heterocycles. The summed E-state index contributed by atoms with van der Waals surface area (Å²) in [6.45, 7) is 22.0. The van der Waals surface area contributed by atoms with Gasteiger partial charge in [0.25, 0.3) is 0 Å². The van der Waals surface area contributed by atoms with Crippen molar-refractivity contribution in [3.63, 3.8) is 0 Å². The van der Waals surface area contributed by atoms with Crippen molar-refractivity contribution in [1.82, 2.24) is 30.7 Å². The van der Waals surface area contributed by atoms with Gasteiger partial charge in [-0.2, -0.15) is 0 Å². The molecule has 0 radical (unpaired) electrons. The van der Waals surface area contributed by atoms with Crippen molar-refractivity contribution < 1.29 is 33.5 Å². The van der Waals surface area contributed by atoms with Gasteiger partial charge in [0, 0.05) is 80.6 Å². The maximum Gasteiger partial charge on any atom is 0.408 e. The largest absolute Gasteiger partial charge is 0.444 e. The van der Waals surface area contributed by atoms with Gasteiger partial charge >= 0.3 is 6.09 Å². The first kappa shape index (κ1) is 42.6. The van der Waals surface area contributed by atoms with E-state index >= 15 is 0 Å². The van der Waals surface area contributed by atoms with E-state index in [2.05, 4.69) is 39.6 Å². The summed E-state index contributed by atoms with van der Waals surface area (Å²) in [4.78, 5) is 84.3. The predicted molar refractivity (Wildman–Crippen MR) is 200 cm³/mol. The molecule has 52 heavy (non-hydrogen) atoms. The first-order valence-electron chi connectivity index (χ1n) is 18.7. The number of amides is 4. The fourth-order valence-electron chi connectivity index (χ4n) is 6.75. The molecular weight excluding hydrogens is 664 g/mol. The third-order valence-corrected chi connectivity index (χ3v) is 9.63. The van der Waals surface area contributed by atoms with Crippen LogP contribution in [0, 0.1) is 5.92 Å². The Labute approximate surface area is 310 Å². The van der Waals surface area contributed by atoms with Gasteiger partial charge in [-0.3, -0.25) is 33.8 Å². The third kappa shape index (κ3) is 12.4. The van der Waals surface area contributed by atoms with Crippen molar-refractivity contribution in [3.05, 3.63) is 34.4 Å². The van der Waals surface area contributed by atoms with Gasteiger partial charge in [-0.25, -0.2) is 4.79 Å². The highest BCUT2D eigenvalue weighted by molar-refractivity contribution is 6.24. The van der Waals surface area contributed by atoms with E-state index in [4.69, 9.17) is 4.74 Å². The van der Waals surface area contributed by atoms with Crippen LogP contribution < -0.4 is 16.0 Å². The van der Waals surface area contributed by atoms with E-state index in [0.717, 1.165) is 0 Å². The van der Waals surface area contributed by atoms with Crippen molar-refractivity contribution in [1.29, 1.82) is 0 Å². The summed E-state index contributed by atoms with van der Waals surface area (Å²) >= 11 is 0. The number of hydrogen-bond donors (Lipinski definition) is 3. The van der Waals surface area contributed by atoms with Gasteiger partial charge in [-0.05, 0) is 80.6 Å². The normalized spacial score (nSPS) is 20.6. The molecule has 0 aromatic carbocycles. The molecule has 0 aromatic heterocycles. The Morgan fingerprint density at radius 1 is 0.846 bits per heavy atom. The molecule has 1 aliphatic carbocycles. The number of nitrogens with zero attached hydrogens (tertiary/aromatic N) is 3. The summed E-state index contributed by atoms with van der Waals surface area (Å²) in [5.41, 5.74) is 1.42. The lowest BCUT2D eigenvalue weighted by atomic mass is 9.85. The van der Waals surface area contributed by atoms with E-state index in [0.29, 0.717) is 93.3 Å². The SMILES string of the molecule is CC1=C(C)C(=O)C(CN2CCN(C[C@H](NC(=O)[C@@H]3CCCN3C(=O)C/C=C/[C@H](CC(C)C)NC(=O)OC(C)(C)C)C(=O)NC(C)C)CC2)=C(C)C1=O. The first-order chi connectivity index (χ1) is 24.3. The fourth-order valence-corrected chi connectivity index (χ4v) is 6.75. The lowest BCUT2D eigenvalue weighted by Gasteiger charge is -2.37. The summed E-state index contributed by atoms with van der Waals surface area (Å²) in [5.74, 6) is -0.706. The Balaban J connectivity index is 1.61. The van der Waals surface area contributed by atoms with Crippen LogP contribution >= 0.6 is 0 Å². The van der Waals surface area contributed by atoms with E-state index < -0.39 is 23.8 Å². The molecule has 13 heteroatoms. The molecule has 0 bridgehead atoms. The lowest BCUT2D eigenvalue weighted by Crippen LogP contribution is -2.59. The number of likely N-dealkylation sites (tertiary alicyclic amines) is 1. The van der Waals surface area contributed by atoms with Crippen LogP contribution in [-0.4, -0.2) is 126 Å². The predicted octanol–water partition coefficient (Wildman–Crippen LogP) is 3.29. The molecule has 0 spiro atoms. The molecule has 3 rings (SSSR count). The van der Waals surface area contributed by atoms with Crippen molar-refractivity contribution in [2.45, 2.75) is 125 Å². The highest BCUT2D eigenvalue weighted by atomic mass is 16.6. The van der Waals surface area contributed by atoms with E-state index in [1.165, 1.54) is 0 Å². The zero-order valence-electron chi connectivity index (χ0n) is 33.0. The van der Waals surface area contributed by atoms with Crippen molar-refractivity contribution in [3.8, 4) is 0 Å². The van der Waals surface area contributed by atoms with Gasteiger partial charge in [0.1, 0.15) is 17.7 Å². The summed E-state index contributed by atoms with van der Waals surface area (Å²) in [6, 6.07) is -1.95. The number of ketones is 2. The minimum Gasteiger partial charge on any atom is -0.444 e. The van der Waals surface area contributed by atoms with Gasteiger partial charge < -0.3 is 25.6 Å². The number of carbonyl (C=O) groups is 6. The highest BCUT2D eigenvalue weighted by Crippen LogP contribution is 2.25. The third-order valence-electron chi connectivity index (χ3n) is 9.63. The Kier molecular flexibility index (Phi) is 15.4. The Bertz CT molecular complexity index is 1450.